The van der Waals surface area contributed by atoms with E-state index in [0.29, 0.717) is 18.7 Å². The third-order valence-electron chi connectivity index (χ3n) is 4.58. The first-order valence-electron chi connectivity index (χ1n) is 8.72. The van der Waals surface area contributed by atoms with Crippen molar-refractivity contribution in [1.82, 2.24) is 4.90 Å². The van der Waals surface area contributed by atoms with Crippen LogP contribution < -0.4 is 4.90 Å². The number of amides is 1. The van der Waals surface area contributed by atoms with Crippen molar-refractivity contribution in [2.75, 3.05) is 32.7 Å². The van der Waals surface area contributed by atoms with Crippen LogP contribution in [0, 0.1) is 10.1 Å². The number of rotatable bonds is 5. The van der Waals surface area contributed by atoms with Gasteiger partial charge in [0.05, 0.1) is 37.6 Å². The van der Waals surface area contributed by atoms with Gasteiger partial charge in [0.25, 0.3) is 11.6 Å². The van der Waals surface area contributed by atoms with Crippen molar-refractivity contribution in [3.63, 3.8) is 0 Å². The number of benzene rings is 2. The number of nitro benzene ring substituents is 1. The zero-order valence-electron chi connectivity index (χ0n) is 14.5. The van der Waals surface area contributed by atoms with Crippen LogP contribution in [0.1, 0.15) is 15.9 Å². The van der Waals surface area contributed by atoms with E-state index in [1.165, 1.54) is 22.6 Å². The van der Waals surface area contributed by atoms with E-state index in [0.717, 1.165) is 19.6 Å². The van der Waals surface area contributed by atoms with Gasteiger partial charge in [-0.15, -0.1) is 0 Å². The molecule has 0 spiro atoms. The zero-order chi connectivity index (χ0) is 18.4. The minimum absolute atomic E-state index is 0.0499. The first kappa shape index (κ1) is 17.8. The fourth-order valence-electron chi connectivity index (χ4n) is 3.09. The van der Waals surface area contributed by atoms with Crippen LogP contribution in [0.2, 0.25) is 0 Å². The second kappa shape index (κ2) is 8.40. The molecule has 2 aromatic rings. The van der Waals surface area contributed by atoms with Crippen LogP contribution in [-0.2, 0) is 0 Å². The Labute approximate surface area is 152 Å². The number of non-ortho nitro benzene ring substituents is 1. The summed E-state index contributed by atoms with van der Waals surface area (Å²) in [7, 11) is 0. The molecule has 1 heterocycles. The fraction of sp³-hybridized carbons (Fsp3) is 0.250. The van der Waals surface area contributed by atoms with Crippen LogP contribution in [-0.4, -0.2) is 48.5 Å². The van der Waals surface area contributed by atoms with Crippen LogP contribution in [0.3, 0.4) is 0 Å². The maximum atomic E-state index is 12.6. The van der Waals surface area contributed by atoms with Gasteiger partial charge in [0, 0.05) is 17.7 Å². The molecule has 1 amide bonds. The summed E-state index contributed by atoms with van der Waals surface area (Å²) in [6.07, 6.45) is 4.29. The molecule has 1 aliphatic heterocycles. The van der Waals surface area contributed by atoms with Gasteiger partial charge in [-0.25, -0.2) is 0 Å². The Morgan fingerprint density at radius 3 is 2.54 bits per heavy atom. The topological polar surface area (TPSA) is 67.9 Å². The largest absolute Gasteiger partial charge is 0.329 e. The Morgan fingerprint density at radius 2 is 1.85 bits per heavy atom. The molecule has 0 aromatic heterocycles. The summed E-state index contributed by atoms with van der Waals surface area (Å²) >= 11 is 0. The second-order valence-corrected chi connectivity index (χ2v) is 6.37. The number of nitrogens with zero attached hydrogens (tertiary/aromatic N) is 2. The smallest absolute Gasteiger partial charge is 0.270 e. The SMILES string of the molecule is O=C(c1cccc([N+](=O)[O-])c1)N1CC[NH+](C/C=C/c2ccccc2)CC1. The highest BCUT2D eigenvalue weighted by atomic mass is 16.6. The van der Waals surface area contributed by atoms with Crippen LogP contribution in [0.4, 0.5) is 5.69 Å². The average molecular weight is 352 g/mol. The lowest BCUT2D eigenvalue weighted by molar-refractivity contribution is -0.898. The van der Waals surface area contributed by atoms with E-state index >= 15 is 0 Å². The molecular formula is C20H22N3O3+. The van der Waals surface area contributed by atoms with Gasteiger partial charge in [-0.2, -0.15) is 0 Å². The Balaban J connectivity index is 1.52. The Bertz CT molecular complexity index is 797. The molecule has 1 saturated heterocycles. The molecular weight excluding hydrogens is 330 g/mol. The predicted molar refractivity (Wildman–Crippen MR) is 100 cm³/mol. The van der Waals surface area contributed by atoms with Gasteiger partial charge in [0.1, 0.15) is 0 Å². The van der Waals surface area contributed by atoms with Crippen LogP contribution in [0.15, 0.2) is 60.7 Å². The predicted octanol–water partition coefficient (Wildman–Crippen LogP) is 1.65. The molecule has 0 atom stereocenters. The molecule has 0 aliphatic carbocycles. The van der Waals surface area contributed by atoms with E-state index in [4.69, 9.17) is 0 Å². The highest BCUT2D eigenvalue weighted by molar-refractivity contribution is 5.94. The fourth-order valence-corrected chi connectivity index (χ4v) is 3.09. The molecule has 1 N–H and O–H groups in total. The first-order chi connectivity index (χ1) is 12.6. The van der Waals surface area contributed by atoms with Gasteiger partial charge in [-0.3, -0.25) is 14.9 Å². The Morgan fingerprint density at radius 1 is 1.12 bits per heavy atom. The van der Waals surface area contributed by atoms with Gasteiger partial charge in [-0.05, 0) is 17.7 Å². The van der Waals surface area contributed by atoms with Crippen LogP contribution in [0.5, 0.6) is 0 Å². The van der Waals surface area contributed by atoms with Gasteiger partial charge >= 0.3 is 0 Å². The Hall–Kier alpha value is -2.99. The standard InChI is InChI=1S/C20H21N3O3/c24-20(18-9-4-10-19(16-18)23(25)26)22-14-12-21(13-15-22)11-5-8-17-6-2-1-3-7-17/h1-10,16H,11-15H2/p+1/b8-5+. The summed E-state index contributed by atoms with van der Waals surface area (Å²) in [6, 6.07) is 16.1. The highest BCUT2D eigenvalue weighted by Crippen LogP contribution is 2.14. The van der Waals surface area contributed by atoms with Crippen molar-refractivity contribution < 1.29 is 14.6 Å². The van der Waals surface area contributed by atoms with Crippen LogP contribution >= 0.6 is 0 Å². The minimum atomic E-state index is -0.474. The van der Waals surface area contributed by atoms with Gasteiger partial charge in [0.15, 0.2) is 0 Å². The second-order valence-electron chi connectivity index (χ2n) is 6.37. The van der Waals surface area contributed by atoms with Crippen molar-refractivity contribution in [3.05, 3.63) is 81.9 Å². The zero-order valence-corrected chi connectivity index (χ0v) is 14.5. The van der Waals surface area contributed by atoms with E-state index in [1.807, 2.05) is 18.2 Å². The Kier molecular flexibility index (Phi) is 5.76. The molecule has 26 heavy (non-hydrogen) atoms. The number of carbonyl (C=O) groups excluding carboxylic acids is 1. The van der Waals surface area contributed by atoms with E-state index in [2.05, 4.69) is 24.3 Å². The normalized spacial score (nSPS) is 15.3. The number of nitrogens with one attached hydrogen (secondary N) is 1. The number of quaternary nitrogens is 1. The summed E-state index contributed by atoms with van der Waals surface area (Å²) < 4.78 is 0. The van der Waals surface area contributed by atoms with E-state index in [9.17, 15) is 14.9 Å². The number of hydrogen-bond donors (Lipinski definition) is 1. The van der Waals surface area contributed by atoms with E-state index < -0.39 is 4.92 Å². The van der Waals surface area contributed by atoms with Crippen molar-refractivity contribution in [2.45, 2.75) is 0 Å². The van der Waals surface area contributed by atoms with Crippen LogP contribution in [0.25, 0.3) is 6.08 Å². The molecule has 0 bridgehead atoms. The minimum Gasteiger partial charge on any atom is -0.329 e. The van der Waals surface area contributed by atoms with Crippen molar-refractivity contribution in [2.24, 2.45) is 0 Å². The van der Waals surface area contributed by atoms with Gasteiger partial charge in [0.2, 0.25) is 0 Å². The number of carbonyl (C=O) groups is 1. The molecule has 3 rings (SSSR count). The van der Waals surface area contributed by atoms with E-state index in [1.54, 1.807) is 17.0 Å². The number of nitro groups is 1. The third-order valence-corrected chi connectivity index (χ3v) is 4.58. The molecule has 1 aliphatic rings. The lowest BCUT2D eigenvalue weighted by Crippen LogP contribution is -3.14. The molecule has 134 valence electrons. The lowest BCUT2D eigenvalue weighted by Gasteiger charge is -2.31. The quantitative estimate of drug-likeness (QED) is 0.657. The summed E-state index contributed by atoms with van der Waals surface area (Å²) in [5, 5.41) is 10.9. The number of hydrogen-bond acceptors (Lipinski definition) is 3. The third kappa shape index (κ3) is 4.55. The summed E-state index contributed by atoms with van der Waals surface area (Å²) in [5.74, 6) is -0.132. The number of piperazine rings is 1. The monoisotopic (exact) mass is 352 g/mol. The molecule has 6 nitrogen and oxygen atoms in total. The summed E-state index contributed by atoms with van der Waals surface area (Å²) in [5.41, 5.74) is 1.52. The molecule has 1 fully saturated rings. The van der Waals surface area contributed by atoms with Gasteiger partial charge in [-0.1, -0.05) is 42.5 Å². The van der Waals surface area contributed by atoms with E-state index in [-0.39, 0.29) is 11.6 Å². The molecule has 2 aromatic carbocycles. The summed E-state index contributed by atoms with van der Waals surface area (Å²) in [6.45, 7) is 4.00. The molecule has 0 radical (unpaired) electrons. The summed E-state index contributed by atoms with van der Waals surface area (Å²) in [4.78, 5) is 26.2. The molecule has 0 unspecified atom stereocenters. The maximum absolute atomic E-state index is 12.6. The highest BCUT2D eigenvalue weighted by Gasteiger charge is 2.24. The van der Waals surface area contributed by atoms with Gasteiger partial charge < -0.3 is 9.80 Å². The van der Waals surface area contributed by atoms with Crippen molar-refractivity contribution in [3.8, 4) is 0 Å². The van der Waals surface area contributed by atoms with Crippen molar-refractivity contribution in [1.29, 1.82) is 0 Å². The maximum Gasteiger partial charge on any atom is 0.270 e. The average Bonchev–Trinajstić information content (AvgIpc) is 2.69. The molecule has 0 saturated carbocycles. The first-order valence-corrected chi connectivity index (χ1v) is 8.72. The molecule has 6 heteroatoms. The lowest BCUT2D eigenvalue weighted by atomic mass is 10.1. The van der Waals surface area contributed by atoms with Crippen molar-refractivity contribution >= 4 is 17.7 Å².